The smallest absolute Gasteiger partial charge is 0.335 e. The number of hydrogen-bond donors (Lipinski definition) is 1. The largest absolute Gasteiger partial charge is 0.464 e. The molecular formula is C10H19NO3. The van der Waals surface area contributed by atoms with Crippen molar-refractivity contribution < 1.29 is 14.3 Å². The minimum atomic E-state index is -0.393. The zero-order valence-corrected chi connectivity index (χ0v) is 8.91. The third kappa shape index (κ3) is 2.69. The van der Waals surface area contributed by atoms with Crippen LogP contribution in [0.3, 0.4) is 0 Å². The lowest BCUT2D eigenvalue weighted by Gasteiger charge is -2.27. The Hall–Kier alpha value is -0.610. The van der Waals surface area contributed by atoms with Crippen molar-refractivity contribution in [2.75, 3.05) is 13.2 Å². The third-order valence-corrected chi connectivity index (χ3v) is 2.87. The predicted octanol–water partition coefficient (Wildman–Crippen LogP) is 0.836. The van der Waals surface area contributed by atoms with E-state index in [9.17, 15) is 4.79 Å². The lowest BCUT2D eigenvalue weighted by molar-refractivity contribution is -0.148. The van der Waals surface area contributed by atoms with E-state index in [1.165, 1.54) is 0 Å². The summed E-state index contributed by atoms with van der Waals surface area (Å²) in [7, 11) is 0. The molecule has 0 saturated carbocycles. The second-order valence-electron chi connectivity index (χ2n) is 3.83. The van der Waals surface area contributed by atoms with Gasteiger partial charge in [0.1, 0.15) is 0 Å². The van der Waals surface area contributed by atoms with Gasteiger partial charge in [-0.05, 0) is 12.8 Å². The molecule has 1 fully saturated rings. The number of nitrogens with two attached hydrogens (primary N) is 1. The summed E-state index contributed by atoms with van der Waals surface area (Å²) >= 11 is 0. The molecule has 0 aromatic carbocycles. The van der Waals surface area contributed by atoms with Crippen molar-refractivity contribution in [3.63, 3.8) is 0 Å². The van der Waals surface area contributed by atoms with Gasteiger partial charge in [-0.15, -0.1) is 0 Å². The third-order valence-electron chi connectivity index (χ3n) is 2.87. The highest BCUT2D eigenvalue weighted by Crippen LogP contribution is 2.16. The molecule has 2 N–H and O–H groups in total. The number of ether oxygens (including phenoxy) is 2. The summed E-state index contributed by atoms with van der Waals surface area (Å²) in [6.45, 7) is 4.96. The van der Waals surface area contributed by atoms with Gasteiger partial charge < -0.3 is 15.2 Å². The predicted molar refractivity (Wildman–Crippen MR) is 52.8 cm³/mol. The number of carbonyl (C=O) groups excluding carboxylic acids is 1. The second-order valence-corrected chi connectivity index (χ2v) is 3.83. The Bertz CT molecular complexity index is 202. The molecule has 0 amide bonds. The van der Waals surface area contributed by atoms with Crippen LogP contribution in [0.5, 0.6) is 0 Å². The van der Waals surface area contributed by atoms with Crippen molar-refractivity contribution in [2.24, 2.45) is 5.73 Å². The van der Waals surface area contributed by atoms with Crippen molar-refractivity contribution in [1.29, 1.82) is 0 Å². The van der Waals surface area contributed by atoms with Gasteiger partial charge in [0.15, 0.2) is 6.10 Å². The van der Waals surface area contributed by atoms with Crippen LogP contribution < -0.4 is 5.73 Å². The van der Waals surface area contributed by atoms with E-state index in [4.69, 9.17) is 15.2 Å². The number of cyclic esters (lactones) is 1. The average molecular weight is 201 g/mol. The number of hydrogen-bond acceptors (Lipinski definition) is 4. The van der Waals surface area contributed by atoms with E-state index < -0.39 is 6.10 Å². The zero-order chi connectivity index (χ0) is 10.6. The van der Waals surface area contributed by atoms with Crippen molar-refractivity contribution in [1.82, 2.24) is 0 Å². The van der Waals surface area contributed by atoms with E-state index in [-0.39, 0.29) is 11.5 Å². The van der Waals surface area contributed by atoms with Gasteiger partial charge in [0, 0.05) is 12.0 Å². The first kappa shape index (κ1) is 11.5. The summed E-state index contributed by atoms with van der Waals surface area (Å²) in [5.41, 5.74) is 5.74. The van der Waals surface area contributed by atoms with Gasteiger partial charge in [-0.1, -0.05) is 13.8 Å². The van der Waals surface area contributed by atoms with E-state index in [0.29, 0.717) is 19.6 Å². The molecule has 1 unspecified atom stereocenters. The minimum Gasteiger partial charge on any atom is -0.464 e. The maximum atomic E-state index is 11.1. The molecule has 4 nitrogen and oxygen atoms in total. The highest BCUT2D eigenvalue weighted by atomic mass is 16.6. The van der Waals surface area contributed by atoms with Gasteiger partial charge in [0.25, 0.3) is 0 Å². The van der Waals surface area contributed by atoms with Crippen LogP contribution in [0.2, 0.25) is 0 Å². The Morgan fingerprint density at radius 2 is 2.21 bits per heavy atom. The molecule has 1 aliphatic rings. The maximum Gasteiger partial charge on any atom is 0.335 e. The summed E-state index contributed by atoms with van der Waals surface area (Å²) in [5, 5.41) is 0. The first-order valence-corrected chi connectivity index (χ1v) is 5.18. The molecule has 0 radical (unpaired) electrons. The molecule has 0 aromatic rings. The molecule has 82 valence electrons. The van der Waals surface area contributed by atoms with Crippen molar-refractivity contribution >= 4 is 5.97 Å². The highest BCUT2D eigenvalue weighted by Gasteiger charge is 2.30. The van der Waals surface area contributed by atoms with Crippen LogP contribution in [-0.2, 0) is 14.3 Å². The van der Waals surface area contributed by atoms with Crippen LogP contribution in [0.1, 0.15) is 33.1 Å². The van der Waals surface area contributed by atoms with Gasteiger partial charge in [0.2, 0.25) is 0 Å². The van der Waals surface area contributed by atoms with E-state index in [2.05, 4.69) is 0 Å². The van der Waals surface area contributed by atoms with Crippen LogP contribution in [0, 0.1) is 0 Å². The van der Waals surface area contributed by atoms with Gasteiger partial charge in [-0.2, -0.15) is 0 Å². The van der Waals surface area contributed by atoms with Crippen LogP contribution in [0.15, 0.2) is 0 Å². The first-order chi connectivity index (χ1) is 6.61. The summed E-state index contributed by atoms with van der Waals surface area (Å²) in [5.74, 6) is -0.250. The quantitative estimate of drug-likeness (QED) is 0.669. The fourth-order valence-corrected chi connectivity index (χ4v) is 1.35. The molecule has 1 atom stereocenters. The van der Waals surface area contributed by atoms with Crippen LogP contribution in [0.4, 0.5) is 0 Å². The maximum absolute atomic E-state index is 11.1. The fraction of sp³-hybridized carbons (Fsp3) is 0.900. The molecule has 1 heterocycles. The van der Waals surface area contributed by atoms with E-state index >= 15 is 0 Å². The van der Waals surface area contributed by atoms with Crippen molar-refractivity contribution in [3.05, 3.63) is 0 Å². The molecule has 0 aromatic heterocycles. The first-order valence-electron chi connectivity index (χ1n) is 5.18. The standard InChI is InChI=1S/C10H19NO3/c1-3-10(11,4-2)7-14-8-5-6-13-9(8)12/h8H,3-7,11H2,1-2H3. The molecule has 1 aliphatic heterocycles. The normalized spacial score (nSPS) is 22.5. The second kappa shape index (κ2) is 4.75. The van der Waals surface area contributed by atoms with Gasteiger partial charge in [0.05, 0.1) is 13.2 Å². The zero-order valence-electron chi connectivity index (χ0n) is 8.91. The van der Waals surface area contributed by atoms with Crippen LogP contribution >= 0.6 is 0 Å². The van der Waals surface area contributed by atoms with Crippen LogP contribution in [0.25, 0.3) is 0 Å². The highest BCUT2D eigenvalue weighted by molar-refractivity contribution is 5.76. The van der Waals surface area contributed by atoms with Gasteiger partial charge >= 0.3 is 5.97 Å². The summed E-state index contributed by atoms with van der Waals surface area (Å²) < 4.78 is 10.3. The summed E-state index contributed by atoms with van der Waals surface area (Å²) in [6, 6.07) is 0. The van der Waals surface area contributed by atoms with Crippen molar-refractivity contribution in [2.45, 2.75) is 44.8 Å². The molecule has 0 aliphatic carbocycles. The Balaban J connectivity index is 2.35. The monoisotopic (exact) mass is 201 g/mol. The molecular weight excluding hydrogens is 182 g/mol. The lowest BCUT2D eigenvalue weighted by Crippen LogP contribution is -2.44. The van der Waals surface area contributed by atoms with Crippen molar-refractivity contribution in [3.8, 4) is 0 Å². The fourth-order valence-electron chi connectivity index (χ4n) is 1.35. The molecule has 4 heteroatoms. The van der Waals surface area contributed by atoms with E-state index in [1.54, 1.807) is 0 Å². The van der Waals surface area contributed by atoms with Crippen LogP contribution in [-0.4, -0.2) is 30.8 Å². The molecule has 0 bridgehead atoms. The molecule has 0 spiro atoms. The van der Waals surface area contributed by atoms with Gasteiger partial charge in [-0.3, -0.25) is 0 Å². The Labute approximate surface area is 84.7 Å². The minimum absolute atomic E-state index is 0.250. The topological polar surface area (TPSA) is 61.6 Å². The summed E-state index contributed by atoms with van der Waals surface area (Å²) in [6.07, 6.45) is 1.97. The number of carbonyl (C=O) groups is 1. The Kier molecular flexibility index (Phi) is 3.89. The lowest BCUT2D eigenvalue weighted by atomic mass is 9.95. The SMILES string of the molecule is CCC(N)(CC)COC1CCOC1=O. The number of esters is 1. The molecule has 1 saturated heterocycles. The molecule has 14 heavy (non-hydrogen) atoms. The van der Waals surface area contributed by atoms with Gasteiger partial charge in [-0.25, -0.2) is 4.79 Å². The Morgan fingerprint density at radius 3 is 2.64 bits per heavy atom. The molecule has 1 rings (SSSR count). The average Bonchev–Trinajstić information content (AvgIpc) is 2.61. The van der Waals surface area contributed by atoms with E-state index in [1.807, 2.05) is 13.8 Å². The van der Waals surface area contributed by atoms with E-state index in [0.717, 1.165) is 12.8 Å². The number of rotatable bonds is 5. The summed E-state index contributed by atoms with van der Waals surface area (Å²) in [4.78, 5) is 11.1. The Morgan fingerprint density at radius 1 is 1.57 bits per heavy atom.